The Balaban J connectivity index is 2.23. The van der Waals surface area contributed by atoms with E-state index in [4.69, 9.17) is 0 Å². The van der Waals surface area contributed by atoms with Crippen LogP contribution in [0.1, 0.15) is 64.2 Å². The van der Waals surface area contributed by atoms with Crippen molar-refractivity contribution in [2.24, 2.45) is 5.92 Å². The molecule has 0 heterocycles. The van der Waals surface area contributed by atoms with Crippen molar-refractivity contribution in [3.05, 3.63) is 81.1 Å². The highest BCUT2D eigenvalue weighted by atomic mass is 28.3. The van der Waals surface area contributed by atoms with Crippen molar-refractivity contribution >= 4 is 19.2 Å². The fraction of sp³-hybridized carbons (Fsp3) is 0.407. The van der Waals surface area contributed by atoms with E-state index < -0.39 is 8.80 Å². The normalized spacial score (nSPS) is 18.2. The first-order valence-electron chi connectivity index (χ1n) is 10.9. The van der Waals surface area contributed by atoms with Gasteiger partial charge in [-0.15, -0.1) is 0 Å². The lowest BCUT2D eigenvalue weighted by atomic mass is 10.1. The molecule has 3 rings (SSSR count). The van der Waals surface area contributed by atoms with Crippen molar-refractivity contribution in [2.75, 3.05) is 0 Å². The predicted octanol–water partition coefficient (Wildman–Crippen LogP) is 5.83. The monoisotopic (exact) mass is 388 g/mol. The van der Waals surface area contributed by atoms with E-state index in [0.29, 0.717) is 5.92 Å². The molecule has 0 N–H and O–H groups in total. The van der Waals surface area contributed by atoms with Crippen LogP contribution >= 0.6 is 0 Å². The first-order chi connectivity index (χ1) is 13.3. The van der Waals surface area contributed by atoms with E-state index in [-0.39, 0.29) is 0 Å². The van der Waals surface area contributed by atoms with E-state index >= 15 is 0 Å². The fourth-order valence-corrected chi connectivity index (χ4v) is 9.20. The molecule has 1 aliphatic rings. The molecule has 148 valence electrons. The maximum Gasteiger partial charge on any atom is 0.129 e. The van der Waals surface area contributed by atoms with Crippen molar-refractivity contribution in [3.63, 3.8) is 0 Å². The van der Waals surface area contributed by atoms with Gasteiger partial charge < -0.3 is 0 Å². The van der Waals surface area contributed by atoms with E-state index in [1.165, 1.54) is 36.0 Å². The first kappa shape index (κ1) is 20.9. The summed E-state index contributed by atoms with van der Waals surface area (Å²) in [6, 6.07) is 16.6. The Kier molecular flexibility index (Phi) is 6.45. The number of unbranched alkanes of at least 4 members (excludes halogenated alkanes) is 1. The Morgan fingerprint density at radius 2 is 1.50 bits per heavy atom. The van der Waals surface area contributed by atoms with Crippen LogP contribution in [0, 0.1) is 19.8 Å². The maximum absolute atomic E-state index is 2.47. The molecule has 2 aromatic rings. The molecule has 0 bridgehead atoms. The molecule has 0 spiro atoms. The molecule has 0 aliphatic heterocycles. The molecule has 0 saturated carbocycles. The number of hydrogen-bond acceptors (Lipinski definition) is 0. The molecule has 1 aliphatic carbocycles. The fourth-order valence-electron chi connectivity index (χ4n) is 4.98. The third-order valence-corrected chi connectivity index (χ3v) is 10.5. The Labute approximate surface area is 174 Å². The minimum Gasteiger partial charge on any atom is -0.0654 e. The Morgan fingerprint density at radius 1 is 0.857 bits per heavy atom. The molecule has 0 saturated heterocycles. The highest BCUT2D eigenvalue weighted by Crippen LogP contribution is 2.38. The molecule has 0 aromatic heterocycles. The minimum absolute atomic E-state index is 0.566. The summed E-state index contributed by atoms with van der Waals surface area (Å²) in [6.07, 6.45) is 3.73. The molecular formula is C27H36Si. The molecule has 2 atom stereocenters. The van der Waals surface area contributed by atoms with Crippen LogP contribution in [0.2, 0.25) is 0 Å². The number of hydrogen-bond donors (Lipinski definition) is 0. The van der Waals surface area contributed by atoms with Gasteiger partial charge in [-0.05, 0) is 69.7 Å². The van der Waals surface area contributed by atoms with E-state index in [1.807, 2.05) is 0 Å². The zero-order chi connectivity index (χ0) is 20.4. The average molecular weight is 389 g/mol. The van der Waals surface area contributed by atoms with Gasteiger partial charge in [0.05, 0.1) is 0 Å². The lowest BCUT2D eigenvalue weighted by molar-refractivity contribution is 0.797. The summed E-state index contributed by atoms with van der Waals surface area (Å²) in [7, 11) is -1.50. The van der Waals surface area contributed by atoms with Gasteiger partial charge in [0.25, 0.3) is 0 Å². The highest BCUT2D eigenvalue weighted by Gasteiger charge is 2.33. The molecule has 0 nitrogen and oxygen atoms in total. The van der Waals surface area contributed by atoms with Gasteiger partial charge in [0.1, 0.15) is 8.80 Å². The Bertz CT molecular complexity index is 909. The van der Waals surface area contributed by atoms with Crippen molar-refractivity contribution in [1.29, 1.82) is 0 Å². The van der Waals surface area contributed by atoms with Gasteiger partial charge in [0.15, 0.2) is 0 Å². The van der Waals surface area contributed by atoms with Crippen molar-refractivity contribution in [2.45, 2.75) is 67.7 Å². The summed E-state index contributed by atoms with van der Waals surface area (Å²) in [4.78, 5) is 0. The SMILES string of the molecule is CCCCc1ccccc1[SiH](C1=C(C)C(C)=C(C)C1C)c1cc(C)cc(C)c1. The number of benzene rings is 2. The van der Waals surface area contributed by atoms with Crippen LogP contribution in [-0.4, -0.2) is 8.80 Å². The number of allylic oxidation sites excluding steroid dienone is 4. The number of rotatable bonds is 6. The van der Waals surface area contributed by atoms with Gasteiger partial charge in [0.2, 0.25) is 0 Å². The first-order valence-corrected chi connectivity index (χ1v) is 12.6. The van der Waals surface area contributed by atoms with Gasteiger partial charge in [-0.25, -0.2) is 0 Å². The Morgan fingerprint density at radius 3 is 2.07 bits per heavy atom. The van der Waals surface area contributed by atoms with Gasteiger partial charge in [-0.1, -0.05) is 95.4 Å². The summed E-state index contributed by atoms with van der Waals surface area (Å²) in [6.45, 7) is 16.3. The van der Waals surface area contributed by atoms with Crippen LogP contribution in [0.4, 0.5) is 0 Å². The third-order valence-electron chi connectivity index (χ3n) is 6.76. The smallest absolute Gasteiger partial charge is 0.0654 e. The Hall–Kier alpha value is -1.86. The average Bonchev–Trinajstić information content (AvgIpc) is 2.85. The van der Waals surface area contributed by atoms with Crippen LogP contribution < -0.4 is 10.4 Å². The van der Waals surface area contributed by atoms with Crippen LogP contribution in [0.25, 0.3) is 0 Å². The van der Waals surface area contributed by atoms with Crippen molar-refractivity contribution < 1.29 is 0 Å². The summed E-state index contributed by atoms with van der Waals surface area (Å²) in [5.41, 5.74) is 9.02. The number of aryl methyl sites for hydroxylation is 3. The molecule has 2 unspecified atom stereocenters. The maximum atomic E-state index is 2.47. The standard InChI is InChI=1S/C27H36Si/c1-8-9-12-24-13-10-11-14-26(24)28(25-16-18(2)15-19(3)17-25)27-22(6)20(4)21(5)23(27)7/h10-11,13-17,22,28H,8-9,12H2,1-7H3. The lowest BCUT2D eigenvalue weighted by Crippen LogP contribution is -2.47. The third kappa shape index (κ3) is 3.96. The molecule has 0 amide bonds. The second kappa shape index (κ2) is 8.65. The van der Waals surface area contributed by atoms with E-state index in [2.05, 4.69) is 90.9 Å². The summed E-state index contributed by atoms with van der Waals surface area (Å²) in [5.74, 6) is 0.566. The molecule has 28 heavy (non-hydrogen) atoms. The molecule has 0 radical (unpaired) electrons. The summed E-state index contributed by atoms with van der Waals surface area (Å²) >= 11 is 0. The van der Waals surface area contributed by atoms with Crippen LogP contribution in [0.15, 0.2) is 64.4 Å². The second-order valence-electron chi connectivity index (χ2n) is 8.77. The second-order valence-corrected chi connectivity index (χ2v) is 11.5. The van der Waals surface area contributed by atoms with Crippen LogP contribution in [0.3, 0.4) is 0 Å². The van der Waals surface area contributed by atoms with Crippen LogP contribution in [0.5, 0.6) is 0 Å². The van der Waals surface area contributed by atoms with Crippen LogP contribution in [-0.2, 0) is 6.42 Å². The quantitative estimate of drug-likeness (QED) is 0.546. The topological polar surface area (TPSA) is 0 Å². The lowest BCUT2D eigenvalue weighted by Gasteiger charge is -2.27. The molecule has 0 fully saturated rings. The predicted molar refractivity (Wildman–Crippen MR) is 128 cm³/mol. The highest BCUT2D eigenvalue weighted by molar-refractivity contribution is 6.91. The molecule has 2 aromatic carbocycles. The van der Waals surface area contributed by atoms with Crippen molar-refractivity contribution in [3.8, 4) is 0 Å². The van der Waals surface area contributed by atoms with E-state index in [9.17, 15) is 0 Å². The van der Waals surface area contributed by atoms with Gasteiger partial charge in [-0.3, -0.25) is 0 Å². The molecular weight excluding hydrogens is 352 g/mol. The molecule has 1 heteroatoms. The van der Waals surface area contributed by atoms with Gasteiger partial charge in [0, 0.05) is 0 Å². The van der Waals surface area contributed by atoms with Gasteiger partial charge >= 0.3 is 0 Å². The van der Waals surface area contributed by atoms with Gasteiger partial charge in [-0.2, -0.15) is 0 Å². The summed E-state index contributed by atoms with van der Waals surface area (Å²) < 4.78 is 0. The largest absolute Gasteiger partial charge is 0.129 e. The zero-order valence-corrected chi connectivity index (χ0v) is 20.0. The zero-order valence-electron chi connectivity index (χ0n) is 18.8. The van der Waals surface area contributed by atoms with Crippen molar-refractivity contribution in [1.82, 2.24) is 0 Å². The van der Waals surface area contributed by atoms with E-state index in [0.717, 1.165) is 0 Å². The van der Waals surface area contributed by atoms with E-state index in [1.54, 1.807) is 32.3 Å². The minimum atomic E-state index is -1.50. The summed E-state index contributed by atoms with van der Waals surface area (Å²) in [5, 5.41) is 4.97.